The molecule has 3 aromatic carbocycles. The van der Waals surface area contributed by atoms with Crippen molar-refractivity contribution in [2.75, 3.05) is 5.32 Å². The SMILES string of the molecule is O=[N+]([O-])c1ccc2nc(-c3ccccc3)nc(Nc3cccc(C(F)(F)F)c3)c2c1. The molecule has 0 atom stereocenters. The minimum Gasteiger partial charge on any atom is -0.340 e. The van der Waals surface area contributed by atoms with Gasteiger partial charge in [0.25, 0.3) is 5.69 Å². The van der Waals surface area contributed by atoms with Crippen LogP contribution in [-0.2, 0) is 6.18 Å². The second-order valence-corrected chi connectivity index (χ2v) is 6.42. The number of fused-ring (bicyclic) bond motifs is 1. The fourth-order valence-corrected chi connectivity index (χ4v) is 2.95. The molecule has 0 saturated heterocycles. The maximum Gasteiger partial charge on any atom is 0.416 e. The van der Waals surface area contributed by atoms with E-state index in [2.05, 4.69) is 15.3 Å². The maximum atomic E-state index is 13.1. The summed E-state index contributed by atoms with van der Waals surface area (Å²) >= 11 is 0. The molecule has 30 heavy (non-hydrogen) atoms. The van der Waals surface area contributed by atoms with Gasteiger partial charge in [-0.3, -0.25) is 10.1 Å². The molecule has 1 N–H and O–H groups in total. The van der Waals surface area contributed by atoms with E-state index in [0.29, 0.717) is 22.3 Å². The Balaban J connectivity index is 1.87. The van der Waals surface area contributed by atoms with Crippen LogP contribution in [0.3, 0.4) is 0 Å². The molecular weight excluding hydrogens is 397 g/mol. The molecule has 6 nitrogen and oxygen atoms in total. The Labute approximate surface area is 168 Å². The van der Waals surface area contributed by atoms with Crippen LogP contribution in [-0.4, -0.2) is 14.9 Å². The second kappa shape index (κ2) is 7.43. The predicted octanol–water partition coefficient (Wildman–Crippen LogP) is 5.97. The number of nitro groups is 1. The van der Waals surface area contributed by atoms with Crippen molar-refractivity contribution in [2.24, 2.45) is 0 Å². The third kappa shape index (κ3) is 3.90. The number of nitrogens with one attached hydrogen (secondary N) is 1. The van der Waals surface area contributed by atoms with Crippen molar-refractivity contribution >= 4 is 28.1 Å². The Morgan fingerprint density at radius 3 is 2.37 bits per heavy atom. The molecule has 1 heterocycles. The predicted molar refractivity (Wildman–Crippen MR) is 106 cm³/mol. The Bertz CT molecular complexity index is 1240. The number of rotatable bonds is 4. The molecule has 0 amide bonds. The summed E-state index contributed by atoms with van der Waals surface area (Å²) in [6.45, 7) is 0. The highest BCUT2D eigenvalue weighted by atomic mass is 19.4. The van der Waals surface area contributed by atoms with Crippen molar-refractivity contribution in [1.82, 2.24) is 9.97 Å². The minimum absolute atomic E-state index is 0.148. The molecule has 0 saturated carbocycles. The summed E-state index contributed by atoms with van der Waals surface area (Å²) < 4.78 is 39.2. The van der Waals surface area contributed by atoms with E-state index >= 15 is 0 Å². The average Bonchev–Trinajstić information content (AvgIpc) is 2.73. The van der Waals surface area contributed by atoms with Crippen LogP contribution in [0.5, 0.6) is 0 Å². The quantitative estimate of drug-likeness (QED) is 0.331. The zero-order valence-corrected chi connectivity index (χ0v) is 15.2. The van der Waals surface area contributed by atoms with E-state index in [0.717, 1.165) is 12.1 Å². The number of alkyl halides is 3. The third-order valence-corrected chi connectivity index (χ3v) is 4.37. The number of nitrogens with zero attached hydrogens (tertiary/aromatic N) is 3. The van der Waals surface area contributed by atoms with Crippen LogP contribution in [0.4, 0.5) is 30.4 Å². The summed E-state index contributed by atoms with van der Waals surface area (Å²) in [5, 5.41) is 14.4. The largest absolute Gasteiger partial charge is 0.416 e. The monoisotopic (exact) mass is 410 g/mol. The van der Waals surface area contributed by atoms with Gasteiger partial charge in [0.1, 0.15) is 5.82 Å². The summed E-state index contributed by atoms with van der Waals surface area (Å²) in [5.41, 5.74) is 0.273. The number of hydrogen-bond donors (Lipinski definition) is 1. The number of aromatic nitrogens is 2. The van der Waals surface area contributed by atoms with Crippen LogP contribution in [0.15, 0.2) is 72.8 Å². The lowest BCUT2D eigenvalue weighted by molar-refractivity contribution is -0.384. The van der Waals surface area contributed by atoms with Gasteiger partial charge in [-0.2, -0.15) is 13.2 Å². The molecule has 4 rings (SSSR count). The smallest absolute Gasteiger partial charge is 0.340 e. The number of halogens is 3. The molecule has 4 aromatic rings. The molecule has 0 aliphatic carbocycles. The number of hydrogen-bond acceptors (Lipinski definition) is 5. The molecule has 0 bridgehead atoms. The van der Waals surface area contributed by atoms with Crippen molar-refractivity contribution in [2.45, 2.75) is 6.18 Å². The van der Waals surface area contributed by atoms with Gasteiger partial charge < -0.3 is 5.32 Å². The Morgan fingerprint density at radius 1 is 0.900 bits per heavy atom. The first kappa shape index (κ1) is 19.3. The Morgan fingerprint density at radius 2 is 1.67 bits per heavy atom. The molecule has 9 heteroatoms. The maximum absolute atomic E-state index is 13.1. The summed E-state index contributed by atoms with van der Waals surface area (Å²) in [5.74, 6) is 0.508. The van der Waals surface area contributed by atoms with E-state index in [1.165, 1.54) is 30.3 Å². The lowest BCUT2D eigenvalue weighted by Crippen LogP contribution is -2.06. The summed E-state index contributed by atoms with van der Waals surface area (Å²) in [6.07, 6.45) is -4.50. The second-order valence-electron chi connectivity index (χ2n) is 6.42. The van der Waals surface area contributed by atoms with Crippen LogP contribution in [0.2, 0.25) is 0 Å². The van der Waals surface area contributed by atoms with Gasteiger partial charge >= 0.3 is 6.18 Å². The van der Waals surface area contributed by atoms with Crippen molar-refractivity contribution in [1.29, 1.82) is 0 Å². The van der Waals surface area contributed by atoms with Crippen molar-refractivity contribution in [3.8, 4) is 11.4 Å². The number of benzene rings is 3. The fourth-order valence-electron chi connectivity index (χ4n) is 2.95. The first-order chi connectivity index (χ1) is 14.3. The molecule has 0 unspecified atom stereocenters. The first-order valence-electron chi connectivity index (χ1n) is 8.77. The van der Waals surface area contributed by atoms with Gasteiger partial charge in [0, 0.05) is 28.8 Å². The molecule has 150 valence electrons. The van der Waals surface area contributed by atoms with Crippen molar-refractivity contribution < 1.29 is 18.1 Å². The van der Waals surface area contributed by atoms with Crippen LogP contribution in [0.25, 0.3) is 22.3 Å². The normalized spacial score (nSPS) is 11.4. The topological polar surface area (TPSA) is 81.0 Å². The summed E-state index contributed by atoms with van der Waals surface area (Å²) in [6, 6.07) is 17.8. The van der Waals surface area contributed by atoms with Crippen LogP contribution >= 0.6 is 0 Å². The number of non-ortho nitro benzene ring substituents is 1. The van der Waals surface area contributed by atoms with E-state index in [1.807, 2.05) is 6.07 Å². The highest BCUT2D eigenvalue weighted by Gasteiger charge is 2.30. The lowest BCUT2D eigenvalue weighted by atomic mass is 10.1. The minimum atomic E-state index is -4.50. The van der Waals surface area contributed by atoms with E-state index in [-0.39, 0.29) is 17.2 Å². The van der Waals surface area contributed by atoms with Crippen molar-refractivity contribution in [3.05, 3.63) is 88.5 Å². The van der Waals surface area contributed by atoms with Gasteiger partial charge in [0.15, 0.2) is 5.82 Å². The van der Waals surface area contributed by atoms with E-state index < -0.39 is 16.7 Å². The molecule has 0 spiro atoms. The third-order valence-electron chi connectivity index (χ3n) is 4.37. The van der Waals surface area contributed by atoms with Crippen molar-refractivity contribution in [3.63, 3.8) is 0 Å². The van der Waals surface area contributed by atoms with Crippen LogP contribution < -0.4 is 5.32 Å². The van der Waals surface area contributed by atoms with Gasteiger partial charge in [-0.25, -0.2) is 9.97 Å². The van der Waals surface area contributed by atoms with Gasteiger partial charge in [-0.1, -0.05) is 36.4 Å². The molecule has 0 fully saturated rings. The standard InChI is InChI=1S/C21H13F3N4O2/c22-21(23,24)14-7-4-8-15(11-14)25-20-17-12-16(28(29)30)9-10-18(17)26-19(27-20)13-5-2-1-3-6-13/h1-12H,(H,25,26,27). The molecule has 0 radical (unpaired) electrons. The number of nitro benzene ring substituents is 1. The van der Waals surface area contributed by atoms with E-state index in [1.54, 1.807) is 24.3 Å². The molecule has 0 aliphatic rings. The zero-order valence-electron chi connectivity index (χ0n) is 15.2. The first-order valence-corrected chi connectivity index (χ1v) is 8.77. The lowest BCUT2D eigenvalue weighted by Gasteiger charge is -2.13. The van der Waals surface area contributed by atoms with Gasteiger partial charge in [-0.05, 0) is 24.3 Å². The highest BCUT2D eigenvalue weighted by Crippen LogP contribution is 2.33. The van der Waals surface area contributed by atoms with E-state index in [4.69, 9.17) is 0 Å². The fraction of sp³-hybridized carbons (Fsp3) is 0.0476. The van der Waals surface area contributed by atoms with E-state index in [9.17, 15) is 23.3 Å². The zero-order chi connectivity index (χ0) is 21.3. The van der Waals surface area contributed by atoms with Gasteiger partial charge in [0.05, 0.1) is 16.0 Å². The average molecular weight is 410 g/mol. The molecular formula is C21H13F3N4O2. The highest BCUT2D eigenvalue weighted by molar-refractivity contribution is 5.93. The molecule has 1 aromatic heterocycles. The summed E-state index contributed by atoms with van der Waals surface area (Å²) in [7, 11) is 0. The van der Waals surface area contributed by atoms with Crippen LogP contribution in [0.1, 0.15) is 5.56 Å². The summed E-state index contributed by atoms with van der Waals surface area (Å²) in [4.78, 5) is 19.5. The number of anilines is 2. The van der Waals surface area contributed by atoms with Crippen LogP contribution in [0, 0.1) is 10.1 Å². The molecule has 0 aliphatic heterocycles. The Kier molecular flexibility index (Phi) is 4.78. The Hall–Kier alpha value is -4.01. The van der Waals surface area contributed by atoms with Gasteiger partial charge in [-0.15, -0.1) is 0 Å². The van der Waals surface area contributed by atoms with Gasteiger partial charge in [0.2, 0.25) is 0 Å².